The SMILES string of the molecule is CC[C@H](C)NC(=O)C(=O)N/N=C\c1cc(Br)c(OCC(=O)Nc2cccc(C(F)(F)F)c2)c(OC)c1. The number of methoxy groups -OCH3 is 1. The number of carbonyl (C=O) groups excluding carboxylic acids is 3. The molecule has 0 radical (unpaired) electrons. The van der Waals surface area contributed by atoms with Gasteiger partial charge in [-0.05, 0) is 65.2 Å². The van der Waals surface area contributed by atoms with Crippen molar-refractivity contribution in [3.8, 4) is 11.5 Å². The second-order valence-electron chi connectivity index (χ2n) is 7.43. The molecule has 0 spiro atoms. The maximum absolute atomic E-state index is 12.8. The second-order valence-corrected chi connectivity index (χ2v) is 8.29. The summed E-state index contributed by atoms with van der Waals surface area (Å²) >= 11 is 3.29. The first-order valence-electron chi connectivity index (χ1n) is 10.6. The highest BCUT2D eigenvalue weighted by Gasteiger charge is 2.30. The molecule has 3 N–H and O–H groups in total. The molecule has 0 aliphatic rings. The standard InChI is InChI=1S/C23H24BrF3N4O5/c1-4-13(2)29-21(33)22(34)31-28-11-14-8-17(24)20(18(9-14)35-3)36-12-19(32)30-16-7-5-6-15(10-16)23(25,26)27/h5-11,13H,4,12H2,1-3H3,(H,29,33)(H,30,32)(H,31,34)/b28-11-/t13-/m0/s1. The molecule has 0 fully saturated rings. The molecule has 9 nitrogen and oxygen atoms in total. The molecule has 0 unspecified atom stereocenters. The minimum Gasteiger partial charge on any atom is -0.493 e. The van der Waals surface area contributed by atoms with Crippen molar-refractivity contribution in [1.29, 1.82) is 0 Å². The van der Waals surface area contributed by atoms with Gasteiger partial charge in [-0.3, -0.25) is 14.4 Å². The molecular weight excluding hydrogens is 549 g/mol. The van der Waals surface area contributed by atoms with E-state index in [9.17, 15) is 27.6 Å². The maximum atomic E-state index is 12.8. The van der Waals surface area contributed by atoms with Crippen LogP contribution in [0, 0.1) is 0 Å². The summed E-state index contributed by atoms with van der Waals surface area (Å²) in [7, 11) is 1.36. The molecule has 194 valence electrons. The van der Waals surface area contributed by atoms with Crippen molar-refractivity contribution in [2.45, 2.75) is 32.5 Å². The van der Waals surface area contributed by atoms with Crippen LogP contribution >= 0.6 is 15.9 Å². The molecule has 0 aliphatic heterocycles. The van der Waals surface area contributed by atoms with Crippen molar-refractivity contribution in [3.63, 3.8) is 0 Å². The van der Waals surface area contributed by atoms with Crippen LogP contribution in [-0.2, 0) is 20.6 Å². The van der Waals surface area contributed by atoms with E-state index >= 15 is 0 Å². The van der Waals surface area contributed by atoms with Crippen molar-refractivity contribution in [3.05, 3.63) is 52.0 Å². The van der Waals surface area contributed by atoms with E-state index in [1.807, 2.05) is 6.92 Å². The molecule has 2 aromatic carbocycles. The Morgan fingerprint density at radius 2 is 1.89 bits per heavy atom. The highest BCUT2D eigenvalue weighted by molar-refractivity contribution is 9.10. The molecule has 0 bridgehead atoms. The number of nitrogens with one attached hydrogen (secondary N) is 3. The number of amides is 3. The quantitative estimate of drug-likeness (QED) is 0.239. The third kappa shape index (κ3) is 8.56. The Bertz CT molecular complexity index is 1140. The number of alkyl halides is 3. The minimum atomic E-state index is -4.54. The summed E-state index contributed by atoms with van der Waals surface area (Å²) in [6.07, 6.45) is -2.60. The second kappa shape index (κ2) is 12.9. The molecule has 0 heterocycles. The van der Waals surface area contributed by atoms with Gasteiger partial charge in [0.15, 0.2) is 18.1 Å². The Balaban J connectivity index is 2.01. The van der Waals surface area contributed by atoms with Gasteiger partial charge < -0.3 is 20.1 Å². The third-order valence-electron chi connectivity index (χ3n) is 4.65. The molecule has 2 aromatic rings. The van der Waals surface area contributed by atoms with Crippen LogP contribution in [0.5, 0.6) is 11.5 Å². The van der Waals surface area contributed by atoms with Gasteiger partial charge in [-0.1, -0.05) is 13.0 Å². The highest BCUT2D eigenvalue weighted by Crippen LogP contribution is 2.36. The first kappa shape index (κ1) is 28.6. The first-order valence-corrected chi connectivity index (χ1v) is 11.3. The fraction of sp³-hybridized carbons (Fsp3) is 0.304. The van der Waals surface area contributed by atoms with Gasteiger partial charge in [-0.2, -0.15) is 18.3 Å². The minimum absolute atomic E-state index is 0.0316. The van der Waals surface area contributed by atoms with E-state index in [4.69, 9.17) is 9.47 Å². The number of carbonyl (C=O) groups is 3. The summed E-state index contributed by atoms with van der Waals surface area (Å²) in [6.45, 7) is 3.11. The smallest absolute Gasteiger partial charge is 0.416 e. The third-order valence-corrected chi connectivity index (χ3v) is 5.24. The number of benzene rings is 2. The lowest BCUT2D eigenvalue weighted by atomic mass is 10.2. The lowest BCUT2D eigenvalue weighted by molar-refractivity contribution is -0.139. The van der Waals surface area contributed by atoms with E-state index in [0.29, 0.717) is 16.5 Å². The number of hydrogen-bond donors (Lipinski definition) is 3. The number of anilines is 1. The van der Waals surface area contributed by atoms with Gasteiger partial charge in [0.25, 0.3) is 5.91 Å². The number of hydrogen-bond acceptors (Lipinski definition) is 6. The zero-order valence-electron chi connectivity index (χ0n) is 19.5. The average Bonchev–Trinajstić information content (AvgIpc) is 2.82. The van der Waals surface area contributed by atoms with Gasteiger partial charge in [0.2, 0.25) is 0 Å². The van der Waals surface area contributed by atoms with Crippen LogP contribution < -0.4 is 25.5 Å². The Morgan fingerprint density at radius 1 is 1.17 bits per heavy atom. The molecule has 2 rings (SSSR count). The number of ether oxygens (including phenoxy) is 2. The van der Waals surface area contributed by atoms with E-state index in [0.717, 1.165) is 12.1 Å². The average molecular weight is 573 g/mol. The maximum Gasteiger partial charge on any atom is 0.416 e. The van der Waals surface area contributed by atoms with Crippen LogP contribution in [-0.4, -0.2) is 43.7 Å². The number of halogens is 4. The van der Waals surface area contributed by atoms with Crippen molar-refractivity contribution >= 4 is 45.6 Å². The summed E-state index contributed by atoms with van der Waals surface area (Å²) in [5.41, 5.74) is 1.65. The molecule has 0 aromatic heterocycles. The molecule has 0 saturated carbocycles. The first-order chi connectivity index (χ1) is 16.9. The normalized spacial score (nSPS) is 12.1. The zero-order chi connectivity index (χ0) is 26.9. The highest BCUT2D eigenvalue weighted by atomic mass is 79.9. The van der Waals surface area contributed by atoms with E-state index < -0.39 is 36.1 Å². The molecule has 0 aliphatic carbocycles. The van der Waals surface area contributed by atoms with Crippen LogP contribution in [0.1, 0.15) is 31.4 Å². The number of nitrogens with zero attached hydrogens (tertiary/aromatic N) is 1. The lowest BCUT2D eigenvalue weighted by Crippen LogP contribution is -2.41. The Hall–Kier alpha value is -3.61. The van der Waals surface area contributed by atoms with E-state index in [2.05, 4.69) is 37.1 Å². The van der Waals surface area contributed by atoms with Gasteiger partial charge in [0.1, 0.15) is 0 Å². The zero-order valence-corrected chi connectivity index (χ0v) is 21.1. The molecule has 36 heavy (non-hydrogen) atoms. The molecule has 1 atom stereocenters. The summed E-state index contributed by atoms with van der Waals surface area (Å²) in [4.78, 5) is 35.7. The Kier molecular flexibility index (Phi) is 10.3. The lowest BCUT2D eigenvalue weighted by Gasteiger charge is -2.14. The Morgan fingerprint density at radius 3 is 2.53 bits per heavy atom. The predicted molar refractivity (Wildman–Crippen MR) is 130 cm³/mol. The van der Waals surface area contributed by atoms with E-state index in [-0.39, 0.29) is 23.2 Å². The largest absolute Gasteiger partial charge is 0.493 e. The molecule has 13 heteroatoms. The van der Waals surface area contributed by atoms with E-state index in [1.54, 1.807) is 13.0 Å². The van der Waals surface area contributed by atoms with E-state index in [1.165, 1.54) is 31.5 Å². The molecule has 3 amide bonds. The van der Waals surface area contributed by atoms with Crippen molar-refractivity contribution in [1.82, 2.24) is 10.7 Å². The molecular formula is C23H24BrF3N4O5. The van der Waals surface area contributed by atoms with Crippen molar-refractivity contribution in [2.75, 3.05) is 19.0 Å². The van der Waals surface area contributed by atoms with Crippen LogP contribution in [0.15, 0.2) is 46.0 Å². The van der Waals surface area contributed by atoms with Crippen LogP contribution in [0.4, 0.5) is 18.9 Å². The van der Waals surface area contributed by atoms with Gasteiger partial charge in [0, 0.05) is 11.7 Å². The van der Waals surface area contributed by atoms with Crippen LogP contribution in [0.25, 0.3) is 0 Å². The summed E-state index contributed by atoms with van der Waals surface area (Å²) in [5.74, 6) is -2.06. The van der Waals surface area contributed by atoms with Crippen LogP contribution in [0.3, 0.4) is 0 Å². The summed E-state index contributed by atoms with van der Waals surface area (Å²) in [6, 6.07) is 7.11. The monoisotopic (exact) mass is 572 g/mol. The van der Waals surface area contributed by atoms with Gasteiger partial charge >= 0.3 is 18.0 Å². The summed E-state index contributed by atoms with van der Waals surface area (Å²) < 4.78 is 49.7. The number of rotatable bonds is 9. The van der Waals surface area contributed by atoms with Crippen molar-refractivity contribution in [2.24, 2.45) is 5.10 Å². The topological polar surface area (TPSA) is 118 Å². The summed E-state index contributed by atoms with van der Waals surface area (Å²) in [5, 5.41) is 8.59. The van der Waals surface area contributed by atoms with Gasteiger partial charge in [-0.25, -0.2) is 5.43 Å². The van der Waals surface area contributed by atoms with Crippen molar-refractivity contribution < 1.29 is 37.0 Å². The van der Waals surface area contributed by atoms with Gasteiger partial charge in [-0.15, -0.1) is 0 Å². The Labute approximate surface area is 213 Å². The fourth-order valence-electron chi connectivity index (χ4n) is 2.67. The number of hydrazone groups is 1. The fourth-order valence-corrected chi connectivity index (χ4v) is 3.24. The molecule has 0 saturated heterocycles. The predicted octanol–water partition coefficient (Wildman–Crippen LogP) is 3.86. The van der Waals surface area contributed by atoms with Crippen LogP contribution in [0.2, 0.25) is 0 Å². The van der Waals surface area contributed by atoms with Gasteiger partial charge in [0.05, 0.1) is 23.4 Å².